The Balaban J connectivity index is 2.73. The van der Waals surface area contributed by atoms with Crippen LogP contribution in [0.15, 0.2) is 53.8 Å². The molecule has 0 amide bonds. The van der Waals surface area contributed by atoms with Gasteiger partial charge in [-0.3, -0.25) is 0 Å². The highest BCUT2D eigenvalue weighted by Gasteiger charge is 2.57. The lowest BCUT2D eigenvalue weighted by Gasteiger charge is -2.56. The van der Waals surface area contributed by atoms with E-state index in [-0.39, 0.29) is 27.9 Å². The Kier molecular flexibility index (Phi) is 5.98. The molecule has 2 unspecified atom stereocenters. The molecule has 0 radical (unpaired) electrons. The van der Waals surface area contributed by atoms with E-state index in [1.54, 1.807) is 6.08 Å². The highest BCUT2D eigenvalue weighted by atomic mass is 16.3. The van der Waals surface area contributed by atoms with E-state index in [1.807, 2.05) is 24.3 Å². The Morgan fingerprint density at radius 2 is 1.38 bits per heavy atom. The molecule has 0 spiro atoms. The minimum absolute atomic E-state index is 0.0772. The van der Waals surface area contributed by atoms with Gasteiger partial charge in [0.2, 0.25) is 0 Å². The van der Waals surface area contributed by atoms with E-state index in [4.69, 9.17) is 0 Å². The number of hydrogen-bond donors (Lipinski definition) is 2. The van der Waals surface area contributed by atoms with Crippen LogP contribution in [0.4, 0.5) is 0 Å². The van der Waals surface area contributed by atoms with Gasteiger partial charge in [-0.05, 0) is 46.0 Å². The number of aliphatic hydroxyl groups is 2. The Labute approximate surface area is 178 Å². The Morgan fingerprint density at radius 1 is 0.862 bits per heavy atom. The second-order valence-corrected chi connectivity index (χ2v) is 12.4. The summed E-state index contributed by atoms with van der Waals surface area (Å²) in [7, 11) is 0. The molecule has 0 aromatic heterocycles. The van der Waals surface area contributed by atoms with Crippen molar-refractivity contribution in [3.63, 3.8) is 0 Å². The molecule has 0 aliphatic heterocycles. The van der Waals surface area contributed by atoms with Crippen LogP contribution in [0, 0.1) is 22.2 Å². The van der Waals surface area contributed by atoms with Gasteiger partial charge < -0.3 is 10.2 Å². The van der Waals surface area contributed by atoms with Gasteiger partial charge in [0.1, 0.15) is 5.76 Å². The van der Waals surface area contributed by atoms with Gasteiger partial charge in [-0.2, -0.15) is 0 Å². The summed E-state index contributed by atoms with van der Waals surface area (Å²) in [5, 5.41) is 23.4. The summed E-state index contributed by atoms with van der Waals surface area (Å²) in [4.78, 5) is 0. The maximum atomic E-state index is 12.3. The van der Waals surface area contributed by atoms with Gasteiger partial charge in [0.25, 0.3) is 0 Å². The molecule has 1 aliphatic rings. The van der Waals surface area contributed by atoms with Gasteiger partial charge >= 0.3 is 0 Å². The van der Waals surface area contributed by atoms with Gasteiger partial charge in [0.15, 0.2) is 0 Å². The molecule has 2 N–H and O–H groups in total. The SMILES string of the molecule is CC(C)(C)CC(C)(C)C1(O)C=CC(O)=C(C(C)(C)c2ccccc2)C1C(C)(C)C. The standard InChI is InChI=1S/C27H42O2/c1-23(2,3)18-25(7,8)27(29)17-16-20(28)21(22(27)24(4,5)6)26(9,10)19-14-12-11-13-15-19/h11-17,22,28-29H,18H2,1-10H3. The Morgan fingerprint density at radius 3 is 1.83 bits per heavy atom. The van der Waals surface area contributed by atoms with E-state index in [9.17, 15) is 10.2 Å². The topological polar surface area (TPSA) is 40.5 Å². The number of hydrogen-bond acceptors (Lipinski definition) is 2. The maximum absolute atomic E-state index is 12.3. The zero-order chi connectivity index (χ0) is 22.5. The first-order chi connectivity index (χ1) is 12.9. The fourth-order valence-corrected chi connectivity index (χ4v) is 5.63. The first kappa shape index (κ1) is 23.7. The van der Waals surface area contributed by atoms with Crippen LogP contribution in [-0.2, 0) is 5.41 Å². The van der Waals surface area contributed by atoms with E-state index in [1.165, 1.54) is 0 Å². The van der Waals surface area contributed by atoms with Crippen molar-refractivity contribution < 1.29 is 10.2 Å². The summed E-state index contributed by atoms with van der Waals surface area (Å²) in [6, 6.07) is 10.3. The number of allylic oxidation sites excluding steroid dienone is 1. The molecule has 2 rings (SSSR count). The van der Waals surface area contributed by atoms with Crippen LogP contribution in [0.25, 0.3) is 0 Å². The summed E-state index contributed by atoms with van der Waals surface area (Å²) in [6.45, 7) is 21.8. The van der Waals surface area contributed by atoms with Crippen molar-refractivity contribution in [2.24, 2.45) is 22.2 Å². The highest BCUT2D eigenvalue weighted by Crippen LogP contribution is 2.58. The van der Waals surface area contributed by atoms with Crippen LogP contribution in [0.1, 0.15) is 81.2 Å². The molecule has 0 saturated carbocycles. The van der Waals surface area contributed by atoms with Crippen molar-refractivity contribution in [3.8, 4) is 0 Å². The average Bonchev–Trinajstić information content (AvgIpc) is 2.54. The summed E-state index contributed by atoms with van der Waals surface area (Å²) in [5.74, 6) is 0.0579. The third-order valence-electron chi connectivity index (χ3n) is 6.59. The highest BCUT2D eigenvalue weighted by molar-refractivity contribution is 5.46. The van der Waals surface area contributed by atoms with E-state index < -0.39 is 11.0 Å². The first-order valence-electron chi connectivity index (χ1n) is 10.8. The lowest BCUT2D eigenvalue weighted by atomic mass is 9.50. The molecule has 1 aromatic carbocycles. The van der Waals surface area contributed by atoms with Crippen molar-refractivity contribution in [3.05, 3.63) is 59.4 Å². The van der Waals surface area contributed by atoms with Crippen LogP contribution in [0.3, 0.4) is 0 Å². The Hall–Kier alpha value is -1.54. The fourth-order valence-electron chi connectivity index (χ4n) is 5.63. The van der Waals surface area contributed by atoms with Gasteiger partial charge in [-0.1, -0.05) is 99.6 Å². The predicted octanol–water partition coefficient (Wildman–Crippen LogP) is 7.20. The lowest BCUT2D eigenvalue weighted by molar-refractivity contribution is -0.111. The average molecular weight is 399 g/mol. The summed E-state index contributed by atoms with van der Waals surface area (Å²) in [5.41, 5.74) is 0.0210. The number of benzene rings is 1. The molecule has 1 aliphatic carbocycles. The molecule has 2 nitrogen and oxygen atoms in total. The predicted molar refractivity (Wildman–Crippen MR) is 124 cm³/mol. The molecule has 0 heterocycles. The minimum Gasteiger partial charge on any atom is -0.508 e. The normalized spacial score (nSPS) is 24.2. The molecule has 2 atom stereocenters. The van der Waals surface area contributed by atoms with Crippen molar-refractivity contribution in [2.45, 2.75) is 86.7 Å². The number of aliphatic hydroxyl groups excluding tert-OH is 1. The van der Waals surface area contributed by atoms with E-state index >= 15 is 0 Å². The number of rotatable bonds is 4. The molecule has 1 aromatic rings. The molecule has 162 valence electrons. The Bertz CT molecular complexity index is 782. The maximum Gasteiger partial charge on any atom is 0.115 e. The van der Waals surface area contributed by atoms with Crippen LogP contribution < -0.4 is 0 Å². The zero-order valence-electron chi connectivity index (χ0n) is 20.2. The summed E-state index contributed by atoms with van der Waals surface area (Å²) in [6.07, 6.45) is 4.45. The fraction of sp³-hybridized carbons (Fsp3) is 0.630. The van der Waals surface area contributed by atoms with Crippen molar-refractivity contribution in [1.29, 1.82) is 0 Å². The van der Waals surface area contributed by atoms with Crippen molar-refractivity contribution >= 4 is 0 Å². The van der Waals surface area contributed by atoms with Gasteiger partial charge in [0, 0.05) is 11.3 Å². The third-order valence-corrected chi connectivity index (χ3v) is 6.59. The van der Waals surface area contributed by atoms with Crippen LogP contribution >= 0.6 is 0 Å². The van der Waals surface area contributed by atoms with Crippen LogP contribution in [0.5, 0.6) is 0 Å². The molecule has 0 fully saturated rings. The quantitative estimate of drug-likeness (QED) is 0.563. The van der Waals surface area contributed by atoms with Crippen LogP contribution in [0.2, 0.25) is 0 Å². The smallest absolute Gasteiger partial charge is 0.115 e. The lowest BCUT2D eigenvalue weighted by Crippen LogP contribution is -2.58. The van der Waals surface area contributed by atoms with E-state index in [0.29, 0.717) is 0 Å². The second kappa shape index (κ2) is 7.30. The molecule has 29 heavy (non-hydrogen) atoms. The largest absolute Gasteiger partial charge is 0.508 e. The van der Waals surface area contributed by atoms with Crippen LogP contribution in [-0.4, -0.2) is 15.8 Å². The van der Waals surface area contributed by atoms with Crippen molar-refractivity contribution in [2.75, 3.05) is 0 Å². The van der Waals surface area contributed by atoms with Crippen molar-refractivity contribution in [1.82, 2.24) is 0 Å². The molecule has 2 heteroatoms. The minimum atomic E-state index is -1.08. The third kappa shape index (κ3) is 4.48. The monoisotopic (exact) mass is 398 g/mol. The molecular weight excluding hydrogens is 356 g/mol. The summed E-state index contributed by atoms with van der Waals surface area (Å²) < 4.78 is 0. The van der Waals surface area contributed by atoms with Gasteiger partial charge in [-0.15, -0.1) is 0 Å². The van der Waals surface area contributed by atoms with Gasteiger partial charge in [-0.25, -0.2) is 0 Å². The van der Waals surface area contributed by atoms with E-state index in [0.717, 1.165) is 17.6 Å². The van der Waals surface area contributed by atoms with Gasteiger partial charge in [0.05, 0.1) is 5.60 Å². The molecule has 0 bridgehead atoms. The first-order valence-corrected chi connectivity index (χ1v) is 10.8. The molecular formula is C27H42O2. The van der Waals surface area contributed by atoms with E-state index in [2.05, 4.69) is 81.4 Å². The molecule has 0 saturated heterocycles. The zero-order valence-corrected chi connectivity index (χ0v) is 20.2. The second-order valence-electron chi connectivity index (χ2n) is 12.4. The summed E-state index contributed by atoms with van der Waals surface area (Å²) >= 11 is 0.